The van der Waals surface area contributed by atoms with E-state index in [1.807, 2.05) is 39.0 Å². The highest BCUT2D eigenvalue weighted by Crippen LogP contribution is 2.31. The standard InChI is InChI=1S/C14H20N4O/c1-9(2)19-12-6-4-5-11(13(12)15)18-10(3)14-16-7-8-17-14/h4-10,18H,15H2,1-3H3,(H,16,17). The molecule has 0 aliphatic rings. The molecule has 1 atom stereocenters. The first-order chi connectivity index (χ1) is 9.08. The first-order valence-corrected chi connectivity index (χ1v) is 6.39. The fourth-order valence-electron chi connectivity index (χ4n) is 1.84. The summed E-state index contributed by atoms with van der Waals surface area (Å²) in [6.45, 7) is 5.98. The van der Waals surface area contributed by atoms with E-state index >= 15 is 0 Å². The number of benzene rings is 1. The Morgan fingerprint density at radius 3 is 2.74 bits per heavy atom. The first-order valence-electron chi connectivity index (χ1n) is 6.39. The first kappa shape index (κ1) is 13.3. The number of nitrogens with zero attached hydrogens (tertiary/aromatic N) is 1. The molecule has 1 heterocycles. The number of ether oxygens (including phenoxy) is 1. The molecule has 1 unspecified atom stereocenters. The number of H-pyrrole nitrogens is 1. The number of nitrogens with two attached hydrogens (primary N) is 1. The monoisotopic (exact) mass is 260 g/mol. The van der Waals surface area contributed by atoms with Crippen LogP contribution in [-0.4, -0.2) is 16.1 Å². The van der Waals surface area contributed by atoms with Gasteiger partial charge in [0.25, 0.3) is 0 Å². The minimum Gasteiger partial charge on any atom is -0.489 e. The lowest BCUT2D eigenvalue weighted by atomic mass is 10.2. The Morgan fingerprint density at radius 1 is 1.32 bits per heavy atom. The highest BCUT2D eigenvalue weighted by atomic mass is 16.5. The van der Waals surface area contributed by atoms with Crippen LogP contribution in [0.2, 0.25) is 0 Å². The van der Waals surface area contributed by atoms with Crippen molar-refractivity contribution in [2.24, 2.45) is 0 Å². The lowest BCUT2D eigenvalue weighted by molar-refractivity contribution is 0.244. The molecule has 0 saturated carbocycles. The number of nitrogen functional groups attached to an aromatic ring is 1. The van der Waals surface area contributed by atoms with Gasteiger partial charge in [0.05, 0.1) is 23.5 Å². The Labute approximate surface area is 113 Å². The number of hydrogen-bond donors (Lipinski definition) is 3. The average Bonchev–Trinajstić information content (AvgIpc) is 2.87. The fourth-order valence-corrected chi connectivity index (χ4v) is 1.84. The number of nitrogens with one attached hydrogen (secondary N) is 2. The number of aromatic amines is 1. The summed E-state index contributed by atoms with van der Waals surface area (Å²) in [5.74, 6) is 1.57. The van der Waals surface area contributed by atoms with E-state index in [1.54, 1.807) is 12.4 Å². The summed E-state index contributed by atoms with van der Waals surface area (Å²) in [5, 5.41) is 3.33. The summed E-state index contributed by atoms with van der Waals surface area (Å²) in [7, 11) is 0. The zero-order valence-corrected chi connectivity index (χ0v) is 11.5. The van der Waals surface area contributed by atoms with Gasteiger partial charge in [-0.15, -0.1) is 0 Å². The lowest BCUT2D eigenvalue weighted by Crippen LogP contribution is -2.12. The molecule has 0 saturated heterocycles. The number of aromatic nitrogens is 2. The van der Waals surface area contributed by atoms with Crippen molar-refractivity contribution in [2.75, 3.05) is 11.1 Å². The van der Waals surface area contributed by atoms with Crippen molar-refractivity contribution in [1.82, 2.24) is 9.97 Å². The van der Waals surface area contributed by atoms with E-state index in [9.17, 15) is 0 Å². The van der Waals surface area contributed by atoms with Crippen molar-refractivity contribution in [3.05, 3.63) is 36.4 Å². The summed E-state index contributed by atoms with van der Waals surface area (Å²) in [6, 6.07) is 5.78. The van der Waals surface area contributed by atoms with Crippen molar-refractivity contribution >= 4 is 11.4 Å². The highest BCUT2D eigenvalue weighted by molar-refractivity contribution is 5.73. The van der Waals surface area contributed by atoms with Crippen LogP contribution in [0.5, 0.6) is 5.75 Å². The fraction of sp³-hybridized carbons (Fsp3) is 0.357. The van der Waals surface area contributed by atoms with Gasteiger partial charge >= 0.3 is 0 Å². The second-order valence-corrected chi connectivity index (χ2v) is 4.72. The summed E-state index contributed by atoms with van der Waals surface area (Å²) in [6.07, 6.45) is 3.63. The number of para-hydroxylation sites is 1. The van der Waals surface area contributed by atoms with Gasteiger partial charge in [0.15, 0.2) is 0 Å². The Hall–Kier alpha value is -2.17. The van der Waals surface area contributed by atoms with E-state index in [4.69, 9.17) is 10.5 Å². The van der Waals surface area contributed by atoms with Crippen molar-refractivity contribution in [3.8, 4) is 5.75 Å². The number of hydrogen-bond acceptors (Lipinski definition) is 4. The third-order valence-electron chi connectivity index (χ3n) is 2.73. The number of imidazole rings is 1. The van der Waals surface area contributed by atoms with Crippen molar-refractivity contribution in [2.45, 2.75) is 32.9 Å². The minimum absolute atomic E-state index is 0.0478. The van der Waals surface area contributed by atoms with E-state index in [1.165, 1.54) is 0 Å². The molecule has 0 fully saturated rings. The topological polar surface area (TPSA) is 76.0 Å². The molecule has 5 nitrogen and oxygen atoms in total. The molecule has 1 aromatic carbocycles. The van der Waals surface area contributed by atoms with Crippen LogP contribution in [0.15, 0.2) is 30.6 Å². The van der Waals surface area contributed by atoms with Gasteiger partial charge in [0.1, 0.15) is 11.6 Å². The highest BCUT2D eigenvalue weighted by Gasteiger charge is 2.12. The van der Waals surface area contributed by atoms with E-state index < -0.39 is 0 Å². The van der Waals surface area contributed by atoms with E-state index in [2.05, 4.69) is 15.3 Å². The molecule has 0 radical (unpaired) electrons. The zero-order chi connectivity index (χ0) is 13.8. The number of anilines is 2. The lowest BCUT2D eigenvalue weighted by Gasteiger charge is -2.18. The third-order valence-corrected chi connectivity index (χ3v) is 2.73. The van der Waals surface area contributed by atoms with Crippen LogP contribution < -0.4 is 15.8 Å². The molecule has 2 rings (SSSR count). The van der Waals surface area contributed by atoms with Gasteiger partial charge in [-0.2, -0.15) is 0 Å². The Morgan fingerprint density at radius 2 is 2.11 bits per heavy atom. The Balaban J connectivity index is 2.16. The van der Waals surface area contributed by atoms with Gasteiger partial charge in [-0.25, -0.2) is 4.98 Å². The molecule has 0 aliphatic heterocycles. The van der Waals surface area contributed by atoms with Crippen LogP contribution in [0, 0.1) is 0 Å². The maximum Gasteiger partial charge on any atom is 0.144 e. The normalized spacial score (nSPS) is 12.4. The second kappa shape index (κ2) is 5.65. The van der Waals surface area contributed by atoms with Gasteiger partial charge in [-0.05, 0) is 32.9 Å². The van der Waals surface area contributed by atoms with Gasteiger partial charge in [-0.3, -0.25) is 0 Å². The molecular formula is C14H20N4O. The van der Waals surface area contributed by atoms with Crippen LogP contribution in [0.3, 0.4) is 0 Å². The smallest absolute Gasteiger partial charge is 0.144 e. The van der Waals surface area contributed by atoms with Gasteiger partial charge in [0, 0.05) is 12.4 Å². The summed E-state index contributed by atoms with van der Waals surface area (Å²) < 4.78 is 5.67. The minimum atomic E-state index is 0.0478. The predicted octanol–water partition coefficient (Wildman–Crippen LogP) is 2.95. The zero-order valence-electron chi connectivity index (χ0n) is 11.5. The Bertz CT molecular complexity index is 522. The summed E-state index contributed by atoms with van der Waals surface area (Å²) >= 11 is 0. The van der Waals surface area contributed by atoms with Crippen LogP contribution in [0.4, 0.5) is 11.4 Å². The van der Waals surface area contributed by atoms with Crippen molar-refractivity contribution in [3.63, 3.8) is 0 Å². The van der Waals surface area contributed by atoms with E-state index in [0.29, 0.717) is 11.4 Å². The quantitative estimate of drug-likeness (QED) is 0.722. The molecule has 0 bridgehead atoms. The van der Waals surface area contributed by atoms with Gasteiger partial charge in [0.2, 0.25) is 0 Å². The van der Waals surface area contributed by atoms with Crippen LogP contribution in [0.1, 0.15) is 32.6 Å². The maximum atomic E-state index is 6.12. The summed E-state index contributed by atoms with van der Waals surface area (Å²) in [5.41, 5.74) is 7.58. The van der Waals surface area contributed by atoms with Gasteiger partial charge in [-0.1, -0.05) is 6.07 Å². The molecule has 0 amide bonds. The largest absolute Gasteiger partial charge is 0.489 e. The molecule has 0 aliphatic carbocycles. The molecule has 1 aromatic heterocycles. The second-order valence-electron chi connectivity index (χ2n) is 4.72. The predicted molar refractivity (Wildman–Crippen MR) is 77.2 cm³/mol. The molecule has 102 valence electrons. The van der Waals surface area contributed by atoms with Crippen LogP contribution >= 0.6 is 0 Å². The van der Waals surface area contributed by atoms with Crippen molar-refractivity contribution < 1.29 is 4.74 Å². The van der Waals surface area contributed by atoms with E-state index in [0.717, 1.165) is 11.5 Å². The maximum absolute atomic E-state index is 6.12. The number of rotatable bonds is 5. The molecule has 0 spiro atoms. The molecule has 2 aromatic rings. The van der Waals surface area contributed by atoms with Gasteiger partial charge < -0.3 is 20.8 Å². The van der Waals surface area contributed by atoms with Crippen molar-refractivity contribution in [1.29, 1.82) is 0 Å². The van der Waals surface area contributed by atoms with Crippen LogP contribution in [0.25, 0.3) is 0 Å². The average molecular weight is 260 g/mol. The van der Waals surface area contributed by atoms with Crippen LogP contribution in [-0.2, 0) is 0 Å². The molecule has 19 heavy (non-hydrogen) atoms. The molecule has 5 heteroatoms. The van der Waals surface area contributed by atoms with E-state index in [-0.39, 0.29) is 12.1 Å². The SMILES string of the molecule is CC(C)Oc1cccc(NC(C)c2ncc[nH]2)c1N. The summed E-state index contributed by atoms with van der Waals surface area (Å²) in [4.78, 5) is 7.30. The Kier molecular flexibility index (Phi) is 3.94. The molecular weight excluding hydrogens is 240 g/mol. The molecule has 4 N–H and O–H groups in total. The third kappa shape index (κ3) is 3.19.